The van der Waals surface area contributed by atoms with Gasteiger partial charge in [0.15, 0.2) is 11.3 Å². The lowest BCUT2D eigenvalue weighted by Crippen LogP contribution is -2.51. The molecule has 3 heterocycles. The van der Waals surface area contributed by atoms with Gasteiger partial charge in [-0.2, -0.15) is 13.0 Å². The van der Waals surface area contributed by atoms with Crippen molar-refractivity contribution in [1.82, 2.24) is 5.32 Å². The van der Waals surface area contributed by atoms with Gasteiger partial charge in [-0.3, -0.25) is 14.1 Å². The number of aryl methyl sites for hydroxylation is 1. The molecular formula is C50H64N3O9S+. The fraction of sp³-hybridized carbons (Fsp3) is 0.460. The standard InChI is InChI=1S/C50H63N3O9S/c1-32-19-21-40-38(30-32)48(5,6)43(53(40)27-29-61-28-25-51-47(57)50(9)24-23-37-35(4)45(56)33(2)34(3)46(37)62-50)17-13-10-12-16-42-49(7,8)39-31-36(63(58,59)60)20-22-41(39)52(42)26-15-11-14-18-44(54)55/h10,12-13,16-17,19-22,30-31H,11,14-15,18,23-29H2,1-9H3,(H3-,51,54,55,56,57,58,59,60)/p+1. The smallest absolute Gasteiger partial charge is 0.303 e. The average molecular weight is 883 g/mol. The van der Waals surface area contributed by atoms with Gasteiger partial charge in [-0.05, 0) is 114 Å². The van der Waals surface area contributed by atoms with Crippen LogP contribution >= 0.6 is 0 Å². The normalized spacial score (nSPS) is 19.5. The van der Waals surface area contributed by atoms with E-state index in [1.54, 1.807) is 12.1 Å². The second kappa shape index (κ2) is 18.5. The Morgan fingerprint density at radius 2 is 1.65 bits per heavy atom. The van der Waals surface area contributed by atoms with Crippen LogP contribution in [0.2, 0.25) is 0 Å². The number of nitrogens with one attached hydrogen (secondary N) is 1. The van der Waals surface area contributed by atoms with Crippen LogP contribution in [0.3, 0.4) is 0 Å². The van der Waals surface area contributed by atoms with Crippen molar-refractivity contribution in [3.63, 3.8) is 0 Å². The Morgan fingerprint density at radius 1 is 0.905 bits per heavy atom. The molecule has 12 nitrogen and oxygen atoms in total. The van der Waals surface area contributed by atoms with Gasteiger partial charge in [0.05, 0.1) is 23.5 Å². The molecule has 0 radical (unpaired) electrons. The first-order valence-corrected chi connectivity index (χ1v) is 23.3. The van der Waals surface area contributed by atoms with Gasteiger partial charge in [0, 0.05) is 72.4 Å². The topological polar surface area (TPSA) is 166 Å². The zero-order valence-electron chi connectivity index (χ0n) is 38.2. The highest BCUT2D eigenvalue weighted by Gasteiger charge is 2.45. The van der Waals surface area contributed by atoms with Crippen molar-refractivity contribution >= 4 is 39.1 Å². The molecule has 0 aliphatic carbocycles. The minimum absolute atomic E-state index is 0.114. The van der Waals surface area contributed by atoms with Crippen molar-refractivity contribution in [3.8, 4) is 11.5 Å². The summed E-state index contributed by atoms with van der Waals surface area (Å²) in [6, 6.07) is 11.2. The predicted molar refractivity (Wildman–Crippen MR) is 247 cm³/mol. The SMILES string of the molecule is Cc1ccc2c(c1)C(C)(C)C(=CC=CC=CC1=[N+](CCCCCC(=O)O)c3ccc(S(=O)(=O)O)cc3C1(C)C)N2CCOCCNC(=O)C1(C)CCc2c(C)c(O)c(C)c(C)c2O1. The molecule has 3 aromatic rings. The van der Waals surface area contributed by atoms with Gasteiger partial charge in [-0.25, -0.2) is 0 Å². The van der Waals surface area contributed by atoms with Crippen molar-refractivity contribution in [3.05, 3.63) is 111 Å². The van der Waals surface area contributed by atoms with Crippen LogP contribution in [0.5, 0.6) is 11.5 Å². The van der Waals surface area contributed by atoms with E-state index in [1.807, 2.05) is 65.8 Å². The highest BCUT2D eigenvalue weighted by Crippen LogP contribution is 2.48. The third kappa shape index (κ3) is 9.66. The second-order valence-electron chi connectivity index (χ2n) is 18.3. The van der Waals surface area contributed by atoms with Crippen LogP contribution < -0.4 is 15.0 Å². The van der Waals surface area contributed by atoms with Crippen LogP contribution in [-0.4, -0.2) is 83.8 Å². The van der Waals surface area contributed by atoms with E-state index in [4.69, 9.17) is 14.6 Å². The van der Waals surface area contributed by atoms with E-state index in [9.17, 15) is 27.7 Å². The van der Waals surface area contributed by atoms with E-state index in [1.165, 1.54) is 17.2 Å². The van der Waals surface area contributed by atoms with Crippen molar-refractivity contribution in [2.24, 2.45) is 0 Å². The number of fused-ring (bicyclic) bond motifs is 3. The predicted octanol–water partition coefficient (Wildman–Crippen LogP) is 8.60. The quantitative estimate of drug-likeness (QED) is 0.0447. The number of carbonyl (C=O) groups is 2. The lowest BCUT2D eigenvalue weighted by molar-refractivity contribution is -0.438. The minimum atomic E-state index is -4.40. The molecule has 3 aromatic carbocycles. The number of hydrogen-bond acceptors (Lipinski definition) is 8. The lowest BCUT2D eigenvalue weighted by atomic mass is 9.81. The zero-order valence-corrected chi connectivity index (χ0v) is 39.0. The first kappa shape index (κ1) is 47.2. The fourth-order valence-corrected chi connectivity index (χ4v) is 9.76. The van der Waals surface area contributed by atoms with E-state index in [-0.39, 0.29) is 28.4 Å². The van der Waals surface area contributed by atoms with Crippen LogP contribution in [0.15, 0.2) is 77.4 Å². The summed E-state index contributed by atoms with van der Waals surface area (Å²) < 4.78 is 48.6. The van der Waals surface area contributed by atoms with Crippen molar-refractivity contribution in [2.75, 3.05) is 37.7 Å². The summed E-state index contributed by atoms with van der Waals surface area (Å²) in [6.07, 6.45) is 13.5. The Kier molecular flexibility index (Phi) is 13.8. The molecule has 0 saturated carbocycles. The molecule has 0 saturated heterocycles. The largest absolute Gasteiger partial charge is 0.507 e. The molecule has 13 heteroatoms. The van der Waals surface area contributed by atoms with Crippen LogP contribution in [0, 0.1) is 27.7 Å². The number of phenolic OH excluding ortho intramolecular Hbond substituents is 1. The van der Waals surface area contributed by atoms with Gasteiger partial charge in [-0.1, -0.05) is 49.8 Å². The summed E-state index contributed by atoms with van der Waals surface area (Å²) in [5.74, 6) is -0.0331. The Labute approximate surface area is 372 Å². The highest BCUT2D eigenvalue weighted by molar-refractivity contribution is 7.85. The molecule has 338 valence electrons. The number of carboxylic acid groups (broad SMARTS) is 1. The summed E-state index contributed by atoms with van der Waals surface area (Å²) in [7, 11) is -4.40. The lowest BCUT2D eigenvalue weighted by Gasteiger charge is -2.36. The summed E-state index contributed by atoms with van der Waals surface area (Å²) in [6.45, 7) is 20.4. The summed E-state index contributed by atoms with van der Waals surface area (Å²) in [5.41, 5.74) is 8.73. The summed E-state index contributed by atoms with van der Waals surface area (Å²) >= 11 is 0. The number of aromatic hydroxyl groups is 1. The number of unbranched alkanes of at least 4 members (excludes halogenated alkanes) is 2. The molecule has 4 N–H and O–H groups in total. The number of ether oxygens (including phenoxy) is 2. The third-order valence-corrected chi connectivity index (χ3v) is 14.1. The van der Waals surface area contributed by atoms with Crippen LogP contribution in [0.25, 0.3) is 0 Å². The van der Waals surface area contributed by atoms with E-state index in [0.29, 0.717) is 57.9 Å². The molecule has 0 spiro atoms. The molecule has 1 amide bonds. The third-order valence-electron chi connectivity index (χ3n) is 13.2. The molecule has 1 unspecified atom stereocenters. The molecule has 0 aromatic heterocycles. The van der Waals surface area contributed by atoms with Crippen LogP contribution in [0.4, 0.5) is 11.4 Å². The molecule has 0 bridgehead atoms. The average Bonchev–Trinajstić information content (AvgIpc) is 3.56. The Balaban J connectivity index is 1.13. The summed E-state index contributed by atoms with van der Waals surface area (Å²) in [5, 5.41) is 22.7. The maximum absolute atomic E-state index is 13.4. The van der Waals surface area contributed by atoms with Crippen molar-refractivity contribution < 1.29 is 46.8 Å². The number of phenols is 1. The molecule has 1 atom stereocenters. The number of anilines is 1. The number of amides is 1. The molecule has 0 fully saturated rings. The summed E-state index contributed by atoms with van der Waals surface area (Å²) in [4.78, 5) is 26.7. The maximum atomic E-state index is 13.4. The molecule has 6 rings (SSSR count). The Morgan fingerprint density at radius 3 is 2.37 bits per heavy atom. The first-order valence-electron chi connectivity index (χ1n) is 21.9. The van der Waals surface area contributed by atoms with E-state index >= 15 is 0 Å². The van der Waals surface area contributed by atoms with Crippen molar-refractivity contribution in [2.45, 2.75) is 122 Å². The Bertz CT molecular complexity index is 2530. The number of benzene rings is 3. The van der Waals surface area contributed by atoms with Gasteiger partial charge < -0.3 is 29.9 Å². The fourth-order valence-electron chi connectivity index (χ4n) is 9.26. The highest BCUT2D eigenvalue weighted by atomic mass is 32.2. The number of carboxylic acids is 1. The molecule has 3 aliphatic heterocycles. The minimum Gasteiger partial charge on any atom is -0.507 e. The molecular weight excluding hydrogens is 819 g/mol. The van der Waals surface area contributed by atoms with Gasteiger partial charge >= 0.3 is 5.97 Å². The number of rotatable bonds is 17. The second-order valence-corrected chi connectivity index (χ2v) is 19.8. The van der Waals surface area contributed by atoms with E-state index in [2.05, 4.69) is 59.8 Å². The van der Waals surface area contributed by atoms with Crippen molar-refractivity contribution in [1.29, 1.82) is 0 Å². The van der Waals surface area contributed by atoms with Gasteiger partial charge in [0.25, 0.3) is 16.0 Å². The zero-order chi connectivity index (χ0) is 46.1. The van der Waals surface area contributed by atoms with Crippen LogP contribution in [0.1, 0.15) is 106 Å². The number of aliphatic carboxylic acids is 1. The number of nitrogens with zero attached hydrogens (tertiary/aromatic N) is 2. The van der Waals surface area contributed by atoms with E-state index in [0.717, 1.165) is 63.4 Å². The van der Waals surface area contributed by atoms with E-state index < -0.39 is 27.1 Å². The molecule has 3 aliphatic rings. The van der Waals surface area contributed by atoms with Gasteiger partial charge in [0.1, 0.15) is 18.0 Å². The monoisotopic (exact) mass is 882 g/mol. The number of carbonyl (C=O) groups excluding carboxylic acids is 1. The first-order chi connectivity index (χ1) is 29.6. The maximum Gasteiger partial charge on any atom is 0.303 e. The Hall–Kier alpha value is -5.24. The van der Waals surface area contributed by atoms with Gasteiger partial charge in [-0.15, -0.1) is 0 Å². The molecule has 63 heavy (non-hydrogen) atoms. The van der Waals surface area contributed by atoms with Gasteiger partial charge in [0.2, 0.25) is 5.69 Å². The number of allylic oxidation sites excluding steroid dienone is 6. The van der Waals surface area contributed by atoms with Crippen LogP contribution in [-0.2, 0) is 41.7 Å². The number of hydrogen-bond donors (Lipinski definition) is 4.